The van der Waals surface area contributed by atoms with Gasteiger partial charge in [-0.3, -0.25) is 5.43 Å². The second-order valence-corrected chi connectivity index (χ2v) is 1.43. The zero-order chi connectivity index (χ0) is 5.70. The molecule has 0 bridgehead atoms. The molecule has 3 N–H and O–H groups in total. The summed E-state index contributed by atoms with van der Waals surface area (Å²) in [5.41, 5.74) is 8.14. The molecule has 0 aliphatic heterocycles. The van der Waals surface area contributed by atoms with Crippen molar-refractivity contribution in [3.63, 3.8) is 0 Å². The van der Waals surface area contributed by atoms with E-state index in [0.29, 0.717) is 6.54 Å². The van der Waals surface area contributed by atoms with Gasteiger partial charge in [-0.25, -0.2) is 5.01 Å². The first-order chi connectivity index (χ1) is 3.31. The molecule has 0 unspecified atom stereocenters. The second-order valence-electron chi connectivity index (χ2n) is 1.43. The van der Waals surface area contributed by atoms with Crippen LogP contribution in [0.4, 0.5) is 0 Å². The molecule has 0 aliphatic carbocycles. The molecule has 0 amide bonds. The van der Waals surface area contributed by atoms with E-state index in [0.717, 1.165) is 6.54 Å². The van der Waals surface area contributed by atoms with Crippen LogP contribution < -0.4 is 11.2 Å². The highest BCUT2D eigenvalue weighted by molar-refractivity contribution is 5.85. The smallest absolute Gasteiger partial charge is 0.0250 e. The lowest BCUT2D eigenvalue weighted by molar-refractivity contribution is 0.268. The Morgan fingerprint density at radius 2 is 2.12 bits per heavy atom. The van der Waals surface area contributed by atoms with Crippen molar-refractivity contribution < 1.29 is 0 Å². The first-order valence-electron chi connectivity index (χ1n) is 2.40. The average Bonchev–Trinajstić information content (AvgIpc) is 1.68. The number of halogens is 1. The van der Waals surface area contributed by atoms with Crippen molar-refractivity contribution >= 4 is 12.4 Å². The van der Waals surface area contributed by atoms with Crippen LogP contribution in [0.3, 0.4) is 0 Å². The Hall–Kier alpha value is 0.170. The molecular formula is C4H14ClN3. The largest absolute Gasteiger partial charge is 0.329 e. The lowest BCUT2D eigenvalue weighted by atomic mass is 10.6. The van der Waals surface area contributed by atoms with Crippen LogP contribution in [0.1, 0.15) is 0 Å². The van der Waals surface area contributed by atoms with Gasteiger partial charge in [-0.05, 0) is 7.05 Å². The lowest BCUT2D eigenvalue weighted by Crippen LogP contribution is -2.34. The number of hydrogen-bond donors (Lipinski definition) is 2. The van der Waals surface area contributed by atoms with Gasteiger partial charge in [0.2, 0.25) is 0 Å². The Bertz CT molecular complexity index is 42.3. The van der Waals surface area contributed by atoms with Crippen LogP contribution in [0.5, 0.6) is 0 Å². The number of rotatable bonds is 3. The molecule has 0 atom stereocenters. The Balaban J connectivity index is 0. The van der Waals surface area contributed by atoms with Crippen molar-refractivity contribution in [3.05, 3.63) is 0 Å². The minimum atomic E-state index is 0. The SMILES string of the molecule is CNN(C)CCN.Cl. The Kier molecular flexibility index (Phi) is 9.89. The molecule has 3 nitrogen and oxygen atoms in total. The zero-order valence-corrected chi connectivity index (χ0v) is 6.16. The molecule has 0 rings (SSSR count). The fourth-order valence-electron chi connectivity index (χ4n) is 0.305. The molecule has 0 saturated carbocycles. The summed E-state index contributed by atoms with van der Waals surface area (Å²) in [5, 5.41) is 1.93. The molecule has 0 spiro atoms. The van der Waals surface area contributed by atoms with Crippen molar-refractivity contribution in [2.24, 2.45) is 5.73 Å². The summed E-state index contributed by atoms with van der Waals surface area (Å²) >= 11 is 0. The van der Waals surface area contributed by atoms with Gasteiger partial charge in [-0.1, -0.05) is 0 Å². The first-order valence-corrected chi connectivity index (χ1v) is 2.40. The third-order valence-corrected chi connectivity index (χ3v) is 0.846. The van der Waals surface area contributed by atoms with Gasteiger partial charge >= 0.3 is 0 Å². The molecule has 0 fully saturated rings. The number of hydrazine groups is 1. The predicted octanol–water partition coefficient (Wildman–Crippen LogP) is -0.567. The van der Waals surface area contributed by atoms with E-state index in [1.807, 2.05) is 19.1 Å². The highest BCUT2D eigenvalue weighted by atomic mass is 35.5. The molecule has 0 heterocycles. The van der Waals surface area contributed by atoms with Gasteiger partial charge in [-0.15, -0.1) is 12.4 Å². The van der Waals surface area contributed by atoms with Gasteiger partial charge in [0.05, 0.1) is 0 Å². The van der Waals surface area contributed by atoms with Crippen molar-refractivity contribution in [1.29, 1.82) is 0 Å². The number of nitrogens with one attached hydrogen (secondary N) is 1. The highest BCUT2D eigenvalue weighted by Crippen LogP contribution is 1.64. The average molecular weight is 140 g/mol. The van der Waals surface area contributed by atoms with Gasteiger partial charge in [0, 0.05) is 20.1 Å². The lowest BCUT2D eigenvalue weighted by Gasteiger charge is -2.11. The van der Waals surface area contributed by atoms with E-state index < -0.39 is 0 Å². The molecule has 4 heteroatoms. The van der Waals surface area contributed by atoms with E-state index in [2.05, 4.69) is 5.43 Å². The van der Waals surface area contributed by atoms with Crippen molar-refractivity contribution in [1.82, 2.24) is 10.4 Å². The molecule has 0 aromatic carbocycles. The minimum absolute atomic E-state index is 0. The number of nitrogens with two attached hydrogens (primary N) is 1. The highest BCUT2D eigenvalue weighted by Gasteiger charge is 1.85. The van der Waals surface area contributed by atoms with Crippen LogP contribution in [0.2, 0.25) is 0 Å². The maximum Gasteiger partial charge on any atom is 0.0250 e. The summed E-state index contributed by atoms with van der Waals surface area (Å²) < 4.78 is 0. The fraction of sp³-hybridized carbons (Fsp3) is 1.00. The van der Waals surface area contributed by atoms with Gasteiger partial charge in [0.1, 0.15) is 0 Å². The molecule has 52 valence electrons. The normalized spacial score (nSPS) is 9.00. The third kappa shape index (κ3) is 6.17. The number of likely N-dealkylation sites (N-methyl/N-ethyl adjacent to an activating group) is 1. The summed E-state index contributed by atoms with van der Waals surface area (Å²) in [6.45, 7) is 1.60. The zero-order valence-electron chi connectivity index (χ0n) is 5.35. The maximum atomic E-state index is 5.22. The molecule has 0 aromatic heterocycles. The standard InChI is InChI=1S/C4H13N3.ClH/c1-6-7(2)4-3-5;/h6H,3-5H2,1-2H3;1H. The van der Waals surface area contributed by atoms with Crippen molar-refractivity contribution in [3.8, 4) is 0 Å². The van der Waals surface area contributed by atoms with E-state index in [-0.39, 0.29) is 12.4 Å². The summed E-state index contributed by atoms with van der Waals surface area (Å²) in [4.78, 5) is 0. The van der Waals surface area contributed by atoms with Crippen LogP contribution in [0, 0.1) is 0 Å². The molecule has 0 aliphatic rings. The predicted molar refractivity (Wildman–Crippen MR) is 38.0 cm³/mol. The molecule has 0 aromatic rings. The summed E-state index contributed by atoms with van der Waals surface area (Å²) in [6.07, 6.45) is 0. The number of nitrogens with zero attached hydrogens (tertiary/aromatic N) is 1. The fourth-order valence-corrected chi connectivity index (χ4v) is 0.305. The van der Waals surface area contributed by atoms with Gasteiger partial charge in [0.15, 0.2) is 0 Å². The van der Waals surface area contributed by atoms with Crippen molar-refractivity contribution in [2.45, 2.75) is 0 Å². The van der Waals surface area contributed by atoms with Crippen LogP contribution in [-0.2, 0) is 0 Å². The molecule has 0 radical (unpaired) electrons. The van der Waals surface area contributed by atoms with Gasteiger partial charge in [-0.2, -0.15) is 0 Å². The summed E-state index contributed by atoms with van der Waals surface area (Å²) in [6, 6.07) is 0. The van der Waals surface area contributed by atoms with Crippen LogP contribution >= 0.6 is 12.4 Å². The van der Waals surface area contributed by atoms with E-state index in [1.54, 1.807) is 0 Å². The molecular weight excluding hydrogens is 126 g/mol. The second kappa shape index (κ2) is 7.17. The van der Waals surface area contributed by atoms with E-state index in [1.165, 1.54) is 0 Å². The number of hydrogen-bond acceptors (Lipinski definition) is 3. The van der Waals surface area contributed by atoms with E-state index in [9.17, 15) is 0 Å². The monoisotopic (exact) mass is 139 g/mol. The Morgan fingerprint density at radius 1 is 1.62 bits per heavy atom. The van der Waals surface area contributed by atoms with Crippen LogP contribution in [0.25, 0.3) is 0 Å². The maximum absolute atomic E-state index is 5.22. The van der Waals surface area contributed by atoms with Gasteiger partial charge < -0.3 is 5.73 Å². The van der Waals surface area contributed by atoms with Crippen LogP contribution in [0.15, 0.2) is 0 Å². The summed E-state index contributed by atoms with van der Waals surface area (Å²) in [5.74, 6) is 0. The van der Waals surface area contributed by atoms with E-state index in [4.69, 9.17) is 5.73 Å². The minimum Gasteiger partial charge on any atom is -0.329 e. The topological polar surface area (TPSA) is 41.3 Å². The van der Waals surface area contributed by atoms with Crippen molar-refractivity contribution in [2.75, 3.05) is 27.2 Å². The Labute approximate surface area is 56.6 Å². The molecule has 0 saturated heterocycles. The van der Waals surface area contributed by atoms with Crippen LogP contribution in [-0.4, -0.2) is 32.2 Å². The molecule has 8 heavy (non-hydrogen) atoms. The quantitative estimate of drug-likeness (QED) is 0.515. The first kappa shape index (κ1) is 11.0. The van der Waals surface area contributed by atoms with Gasteiger partial charge in [0.25, 0.3) is 0 Å². The summed E-state index contributed by atoms with van der Waals surface area (Å²) in [7, 11) is 3.82. The third-order valence-electron chi connectivity index (χ3n) is 0.846. The Morgan fingerprint density at radius 3 is 2.25 bits per heavy atom. The van der Waals surface area contributed by atoms with E-state index >= 15 is 0 Å².